The number of rotatable bonds is 21. The van der Waals surface area contributed by atoms with E-state index in [0.717, 1.165) is 62.4 Å². The van der Waals surface area contributed by atoms with Crippen molar-refractivity contribution in [1.82, 2.24) is 29.9 Å². The minimum atomic E-state index is -4.35. The summed E-state index contributed by atoms with van der Waals surface area (Å²) in [5.41, 5.74) is 35.4. The van der Waals surface area contributed by atoms with Crippen LogP contribution in [0, 0.1) is 0 Å². The highest BCUT2D eigenvalue weighted by molar-refractivity contribution is 8.26. The second-order valence-electron chi connectivity index (χ2n) is 28.1. The van der Waals surface area contributed by atoms with E-state index in [1.165, 1.54) is 54.6 Å². The number of halogens is 4. The van der Waals surface area contributed by atoms with Gasteiger partial charge in [-0.05, 0) is 286 Å². The number of nitrogens with two attached hydrogens (primary N) is 5. The molecule has 0 unspecified atom stereocenters. The van der Waals surface area contributed by atoms with E-state index in [9.17, 15) is 52.2 Å². The molecule has 0 spiro atoms. The summed E-state index contributed by atoms with van der Waals surface area (Å²) in [6.45, 7) is 1.93. The van der Waals surface area contributed by atoms with Gasteiger partial charge in [0.1, 0.15) is 46.0 Å². The molecule has 0 atom stereocenters. The maximum Gasteiger partial charge on any atom is 0.294 e. The van der Waals surface area contributed by atoms with Gasteiger partial charge in [-0.3, -0.25) is 23.1 Å². The molecule has 3 aromatic heterocycles. The van der Waals surface area contributed by atoms with Gasteiger partial charge in [-0.25, -0.2) is 56.1 Å². The van der Waals surface area contributed by atoms with E-state index < -0.39 is 67.3 Å². The van der Waals surface area contributed by atoms with Crippen molar-refractivity contribution in [2.24, 2.45) is 5.14 Å². The first kappa shape index (κ1) is 111. The van der Waals surface area contributed by atoms with Crippen LogP contribution in [-0.4, -0.2) is 170 Å². The Balaban J connectivity index is 0.000000233. The lowest BCUT2D eigenvalue weighted by Crippen LogP contribution is -2.14. The van der Waals surface area contributed by atoms with E-state index >= 15 is 0 Å². The molecule has 0 bridgehead atoms. The van der Waals surface area contributed by atoms with Crippen LogP contribution in [-0.2, 0) is 48.5 Å². The fourth-order valence-corrected chi connectivity index (χ4v) is 14.6. The number of hydrogen-bond acceptors (Lipinski definition) is 30. The number of aliphatic hydroxyl groups is 1. The number of nitrogens with zero attached hydrogens (tertiary/aromatic N) is 6. The lowest BCUT2D eigenvalue weighted by molar-refractivity contribution is 0.0817. The number of ketones is 2. The van der Waals surface area contributed by atoms with Gasteiger partial charge >= 0.3 is 0 Å². The highest BCUT2D eigenvalue weighted by Gasteiger charge is 2.23. The van der Waals surface area contributed by atoms with Gasteiger partial charge < -0.3 is 71.4 Å². The number of benzene rings is 13. The zero-order valence-corrected chi connectivity index (χ0v) is 82.2. The number of anilines is 4. The van der Waals surface area contributed by atoms with Gasteiger partial charge in [0, 0.05) is 83.2 Å². The monoisotopic (exact) mass is 2070 g/mol. The van der Waals surface area contributed by atoms with Crippen LogP contribution >= 0.6 is 32.0 Å². The van der Waals surface area contributed by atoms with Crippen LogP contribution in [0.3, 0.4) is 0 Å². The molecule has 0 aliphatic carbocycles. The molecule has 13 aromatic carbocycles. The maximum atomic E-state index is 12.1. The second kappa shape index (κ2) is 52.8. The van der Waals surface area contributed by atoms with Crippen LogP contribution in [0.25, 0.3) is 101 Å². The highest BCUT2D eigenvalue weighted by atomic mass is 36.0. The third kappa shape index (κ3) is 32.0. The molecule has 3 heterocycles. The number of hydrogen-bond donors (Lipinski definition) is 8. The quantitative estimate of drug-likeness (QED) is 0.0109. The molecule has 0 saturated carbocycles. The number of ether oxygens (including phenoxy) is 8. The van der Waals surface area contributed by atoms with Gasteiger partial charge in [0.15, 0.2) is 0 Å². The number of methoxy groups -OCH3 is 8. The predicted octanol–water partition coefficient (Wildman–Crippen LogP) is 17.3. The van der Waals surface area contributed by atoms with Crippen molar-refractivity contribution < 1.29 is 111 Å². The zero-order chi connectivity index (χ0) is 103. The summed E-state index contributed by atoms with van der Waals surface area (Å²) < 4.78 is 175. The summed E-state index contributed by atoms with van der Waals surface area (Å²) in [7, 11) is 8.29. The molecule has 140 heavy (non-hydrogen) atoms. The van der Waals surface area contributed by atoms with E-state index in [2.05, 4.69) is 26.3 Å². The minimum Gasteiger partial charge on any atom is -0.497 e. The smallest absolute Gasteiger partial charge is 0.294 e. The van der Waals surface area contributed by atoms with Gasteiger partial charge in [-0.1, -0.05) is 12.1 Å². The maximum absolute atomic E-state index is 12.1. The van der Waals surface area contributed by atoms with Gasteiger partial charge in [0.25, 0.3) is 29.3 Å². The number of aromatic nitrogens is 6. The normalized spacial score (nSPS) is 10.8. The van der Waals surface area contributed by atoms with Crippen LogP contribution in [0.5, 0.6) is 46.0 Å². The van der Waals surface area contributed by atoms with E-state index in [4.69, 9.17) is 117 Å². The summed E-state index contributed by atoms with van der Waals surface area (Å²) in [5.74, 6) is 4.51. The predicted molar refractivity (Wildman–Crippen MR) is 543 cm³/mol. The third-order valence-corrected chi connectivity index (χ3v) is 23.2. The first-order valence-corrected chi connectivity index (χ1v) is 49.7. The van der Waals surface area contributed by atoms with Crippen molar-refractivity contribution >= 4 is 148 Å². The summed E-state index contributed by atoms with van der Waals surface area (Å²) in [6.07, 6.45) is 0. The van der Waals surface area contributed by atoms with E-state index in [0.29, 0.717) is 113 Å². The Hall–Kier alpha value is -14.6. The number of aliphatic hydroxyl groups excluding tert-OH is 1. The fraction of sp³-hybridized carbons (Fsp3) is 0.113. The molecule has 0 radical (unpaired) electrons. The van der Waals surface area contributed by atoms with E-state index in [1.807, 2.05) is 158 Å². The number of alkyl halides is 1. The summed E-state index contributed by atoms with van der Waals surface area (Å²) >= 11 is 0. The van der Waals surface area contributed by atoms with E-state index in [1.54, 1.807) is 137 Å². The average molecular weight is 2070 g/mol. The molecule has 16 aromatic rings. The Labute approximate surface area is 823 Å². The molecule has 0 amide bonds. The Morgan fingerprint density at radius 1 is 0.343 bits per heavy atom. The van der Waals surface area contributed by atoms with Gasteiger partial charge in [-0.15, -0.1) is 0 Å². The Morgan fingerprint density at radius 2 is 0.536 bits per heavy atom. The van der Waals surface area contributed by atoms with Crippen LogP contribution in [0.4, 0.5) is 27.1 Å². The number of nitrogen functional groups attached to an aromatic ring is 4. The Bertz CT molecular complexity index is 6870. The molecule has 0 aliphatic heterocycles. The van der Waals surface area contributed by atoms with Crippen molar-refractivity contribution in [1.29, 1.82) is 0 Å². The molecule has 43 heteroatoms. The third-order valence-electron chi connectivity index (χ3n) is 19.3. The lowest BCUT2D eigenvalue weighted by Gasteiger charge is -2.12. The highest BCUT2D eigenvalue weighted by Crippen LogP contribution is 2.39. The summed E-state index contributed by atoms with van der Waals surface area (Å²) in [6, 6.07) is 81.4. The van der Waals surface area contributed by atoms with Crippen LogP contribution in [0.2, 0.25) is 0 Å². The van der Waals surface area contributed by atoms with Crippen LogP contribution < -0.4 is 66.0 Å². The number of para-hydroxylation sites is 2. The summed E-state index contributed by atoms with van der Waals surface area (Å²) in [5, 5.41) is 12.8. The van der Waals surface area contributed by atoms with Crippen LogP contribution in [0.1, 0.15) is 29.0 Å². The molecular weight excluding hydrogens is 1970 g/mol. The molecule has 0 fully saturated rings. The Morgan fingerprint density at radius 3 is 0.750 bits per heavy atom. The van der Waals surface area contributed by atoms with Crippen LogP contribution in [0.15, 0.2) is 311 Å². The topological polar surface area (TPSA) is 561 Å². The standard InChI is InChI=1S/C22H17ClN2O4S.C22H19N3O4S.C22H18N2O5S.C16H14O4.C6H8N2O3S.C6H8N2.C2H6O.CH3F.Cl2OS.H2O/c2*1-28-16-7-3-14(4-8-16)21-22(15-5-9-17(29-2)10-6-15)25-20-13-18(30(23,26)27)11-12-19(20)24-21;1-28-16-7-3-14(4-8-16)21-22(15-5-9-17(29-2)10-6-15)24-20-13-18(30(25,26)27)11-12-19(20)23-21;1-19-13-7-3-11(4-8-13)15(17)16(18)12-5-9-14(20-2)10-6-12;7-5-2-1-4(3-6(5)8)12(9,10)11;7-5-3-1-2-4-6(5)8;1-2-3;1-2;1-4(2)3;/h3-13H,1-2H3;3-13H,1-2H3,(H2,23,26,27);3-13H,1-2H3,(H,25,26,27);3-10H,1-2H3;1-3H,7-8H2,(H,9,10,11);1-4H,7-8H2;3H,2H2,1H3;1H3;;1H2/i;;;;;;;1D;;. The van der Waals surface area contributed by atoms with Crippen molar-refractivity contribution in [3.05, 3.63) is 302 Å². The van der Waals surface area contributed by atoms with Gasteiger partial charge in [-0.2, -0.15) is 16.8 Å². The molecule has 34 nitrogen and oxygen atoms in total. The SMILES string of the molecule is CCO.COc1ccc(-c2nc3ccc(S(=O)(=O)Cl)cc3nc2-c2ccc(OC)cc2)cc1.COc1ccc(-c2nc3ccc(S(=O)(=O)O)cc3nc2-c2ccc(OC)cc2)cc1.COc1ccc(-c2nc3ccc(S(N)(=O)=O)cc3nc2-c2ccc(OC)cc2)cc1.COc1ccc(C(=O)C(=O)c2ccc(OC)cc2)cc1.Nc1ccc(S(=O)(=O)O)cc1N.Nc1ccccc1N.O.O=S(Cl)Cl.[2H]CF. The van der Waals surface area contributed by atoms with Crippen molar-refractivity contribution in [3.8, 4) is 114 Å². The molecule has 734 valence electrons. The van der Waals surface area contributed by atoms with Crippen molar-refractivity contribution in [2.75, 3.05) is 93.6 Å². The number of fused-ring (bicyclic) bond motifs is 3. The number of Topliss-reactive ketones (excluding diaryl/α,β-unsaturated/α-hetero) is 2. The first-order valence-electron chi connectivity index (χ1n) is 40.9. The molecule has 0 aliphatic rings. The number of carbonyl (C=O) groups is 2. The molecule has 0 saturated heterocycles. The lowest BCUT2D eigenvalue weighted by atomic mass is 10.0. The molecule has 16 rings (SSSR count). The number of sulfonamides is 1. The first-order chi connectivity index (χ1) is 66.6. The summed E-state index contributed by atoms with van der Waals surface area (Å²) in [4.78, 5) is 52.1. The van der Waals surface area contributed by atoms with Gasteiger partial charge in [0.05, 0.1) is 175 Å². The van der Waals surface area contributed by atoms with Crippen molar-refractivity contribution in [3.63, 3.8) is 0 Å². The van der Waals surface area contributed by atoms with Gasteiger partial charge in [0.2, 0.25) is 30.8 Å². The number of primary sulfonamides is 1. The fourth-order valence-electron chi connectivity index (χ4n) is 12.3. The molecule has 15 N–H and O–H groups in total. The Kier molecular flexibility index (Phi) is 41.7. The van der Waals surface area contributed by atoms with E-state index in [-0.39, 0.29) is 43.0 Å². The average Bonchev–Trinajstić information content (AvgIpc) is 0.776. The molecular formula is C97H95Cl3FN11O23S5. The zero-order valence-electron chi connectivity index (χ0n) is 76.8. The van der Waals surface area contributed by atoms with Crippen molar-refractivity contribution in [2.45, 2.75) is 26.5 Å². The number of carbonyl (C=O) groups excluding carboxylic acids is 2. The minimum absolute atomic E-state index is 0. The largest absolute Gasteiger partial charge is 0.497 e. The second-order valence-corrected chi connectivity index (χ2v) is 37.5.